The van der Waals surface area contributed by atoms with Gasteiger partial charge in [-0.15, -0.1) is 0 Å². The molecule has 2 nitrogen and oxygen atoms in total. The maximum absolute atomic E-state index is 5.70. The molecule has 1 heterocycles. The smallest absolute Gasteiger partial charge is 0.109 e. The van der Waals surface area contributed by atoms with E-state index in [2.05, 4.69) is 79.0 Å². The molecule has 2 atom stereocenters. The summed E-state index contributed by atoms with van der Waals surface area (Å²) in [4.78, 5) is 0. The number of quaternary nitrogens is 1. The van der Waals surface area contributed by atoms with Crippen LogP contribution in [0.2, 0.25) is 0 Å². The third kappa shape index (κ3) is 4.59. The van der Waals surface area contributed by atoms with Gasteiger partial charge in [0.05, 0.1) is 12.8 Å². The molecule has 0 saturated carbocycles. The summed E-state index contributed by atoms with van der Waals surface area (Å²) >= 11 is 0. The zero-order chi connectivity index (χ0) is 16.6. The first-order valence-electron chi connectivity index (χ1n) is 8.78. The van der Waals surface area contributed by atoms with Crippen LogP contribution >= 0.6 is 0 Å². The van der Waals surface area contributed by atoms with Crippen LogP contribution in [0.3, 0.4) is 0 Å². The summed E-state index contributed by atoms with van der Waals surface area (Å²) in [6.45, 7) is 3.36. The number of nitrogens with two attached hydrogens (primary N) is 1. The van der Waals surface area contributed by atoms with Gasteiger partial charge in [-0.1, -0.05) is 60.7 Å². The van der Waals surface area contributed by atoms with Crippen LogP contribution in [-0.2, 0) is 6.42 Å². The van der Waals surface area contributed by atoms with Gasteiger partial charge in [0.15, 0.2) is 0 Å². The van der Waals surface area contributed by atoms with Crippen molar-refractivity contribution in [3.63, 3.8) is 0 Å². The molecule has 0 radical (unpaired) electrons. The van der Waals surface area contributed by atoms with Gasteiger partial charge in [0.1, 0.15) is 11.8 Å². The number of furan rings is 1. The van der Waals surface area contributed by atoms with Crippen molar-refractivity contribution in [1.82, 2.24) is 0 Å². The topological polar surface area (TPSA) is 29.8 Å². The van der Waals surface area contributed by atoms with E-state index < -0.39 is 0 Å². The fourth-order valence-corrected chi connectivity index (χ4v) is 3.21. The van der Waals surface area contributed by atoms with Gasteiger partial charge in [-0.3, -0.25) is 0 Å². The molecule has 124 valence electrons. The Labute approximate surface area is 144 Å². The molecule has 0 spiro atoms. The van der Waals surface area contributed by atoms with E-state index in [0.717, 1.165) is 25.1 Å². The van der Waals surface area contributed by atoms with Crippen LogP contribution in [0.25, 0.3) is 0 Å². The SMILES string of the molecule is C[C@@H]([NH2+]CC[C@H](Cc1ccccc1)c1ccco1)c1ccccc1. The number of rotatable bonds is 8. The molecule has 24 heavy (non-hydrogen) atoms. The molecule has 0 saturated heterocycles. The van der Waals surface area contributed by atoms with Gasteiger partial charge in [0.25, 0.3) is 0 Å². The second-order valence-electron chi connectivity index (χ2n) is 6.41. The van der Waals surface area contributed by atoms with Crippen molar-refractivity contribution in [2.45, 2.75) is 31.7 Å². The zero-order valence-electron chi connectivity index (χ0n) is 14.3. The van der Waals surface area contributed by atoms with Gasteiger partial charge in [0.2, 0.25) is 0 Å². The average molecular weight is 320 g/mol. The third-order valence-electron chi connectivity index (χ3n) is 4.63. The maximum Gasteiger partial charge on any atom is 0.109 e. The van der Waals surface area contributed by atoms with E-state index in [0.29, 0.717) is 12.0 Å². The molecule has 0 aliphatic rings. The molecule has 2 N–H and O–H groups in total. The molecular formula is C22H26NO+. The van der Waals surface area contributed by atoms with Crippen LogP contribution in [0.1, 0.15) is 42.2 Å². The van der Waals surface area contributed by atoms with E-state index in [-0.39, 0.29) is 0 Å². The lowest BCUT2D eigenvalue weighted by molar-refractivity contribution is -0.693. The fraction of sp³-hybridized carbons (Fsp3) is 0.273. The lowest BCUT2D eigenvalue weighted by Crippen LogP contribution is -2.84. The summed E-state index contributed by atoms with van der Waals surface area (Å²) < 4.78 is 5.70. The van der Waals surface area contributed by atoms with E-state index in [4.69, 9.17) is 4.42 Å². The molecule has 0 amide bonds. The largest absolute Gasteiger partial charge is 0.469 e. The second kappa shape index (κ2) is 8.51. The molecule has 2 aromatic carbocycles. The average Bonchev–Trinajstić information content (AvgIpc) is 3.17. The minimum atomic E-state index is 0.432. The van der Waals surface area contributed by atoms with Crippen LogP contribution in [-0.4, -0.2) is 6.54 Å². The molecule has 1 aromatic heterocycles. The molecule has 0 fully saturated rings. The molecule has 3 rings (SSSR count). The van der Waals surface area contributed by atoms with E-state index in [1.807, 2.05) is 6.07 Å². The standard InChI is InChI=1S/C22H25NO/c1-18(20-11-6-3-7-12-20)23-15-14-21(22-13-8-16-24-22)17-19-9-4-2-5-10-19/h2-13,16,18,21,23H,14-15,17H2,1H3/p+1/t18-,21-/m1/s1. The Balaban J connectivity index is 1.58. The summed E-state index contributed by atoms with van der Waals surface area (Å²) in [6, 6.07) is 26.0. The molecule has 0 aliphatic carbocycles. The Bertz CT molecular complexity index is 691. The Kier molecular flexibility index (Phi) is 5.86. The van der Waals surface area contributed by atoms with Crippen molar-refractivity contribution in [3.05, 3.63) is 95.9 Å². The van der Waals surface area contributed by atoms with E-state index in [1.54, 1.807) is 6.26 Å². The lowest BCUT2D eigenvalue weighted by atomic mass is 9.93. The van der Waals surface area contributed by atoms with Gasteiger partial charge in [-0.2, -0.15) is 0 Å². The number of hydrogen-bond donors (Lipinski definition) is 1. The second-order valence-corrected chi connectivity index (χ2v) is 6.41. The van der Waals surface area contributed by atoms with Crippen molar-refractivity contribution in [2.75, 3.05) is 6.54 Å². The van der Waals surface area contributed by atoms with Crippen molar-refractivity contribution in [1.29, 1.82) is 0 Å². The third-order valence-corrected chi connectivity index (χ3v) is 4.63. The maximum atomic E-state index is 5.70. The predicted octanol–water partition coefficient (Wildman–Crippen LogP) is 4.32. The minimum absolute atomic E-state index is 0.432. The summed E-state index contributed by atoms with van der Waals surface area (Å²) in [6.07, 6.45) is 3.92. The normalized spacial score (nSPS) is 13.5. The van der Waals surface area contributed by atoms with E-state index >= 15 is 0 Å². The highest BCUT2D eigenvalue weighted by atomic mass is 16.3. The summed E-state index contributed by atoms with van der Waals surface area (Å²) in [5.74, 6) is 1.53. The summed E-state index contributed by atoms with van der Waals surface area (Å²) in [5, 5.41) is 2.43. The van der Waals surface area contributed by atoms with Gasteiger partial charge in [0, 0.05) is 17.9 Å². The first kappa shape index (κ1) is 16.5. The highest BCUT2D eigenvalue weighted by molar-refractivity contribution is 5.19. The first-order chi connectivity index (χ1) is 11.8. The Morgan fingerprint density at radius 3 is 2.25 bits per heavy atom. The zero-order valence-corrected chi connectivity index (χ0v) is 14.3. The summed E-state index contributed by atoms with van der Waals surface area (Å²) in [7, 11) is 0. The van der Waals surface area contributed by atoms with Gasteiger partial charge in [-0.25, -0.2) is 0 Å². The first-order valence-corrected chi connectivity index (χ1v) is 8.78. The Hall–Kier alpha value is -2.32. The van der Waals surface area contributed by atoms with Crippen LogP contribution in [0, 0.1) is 0 Å². The quantitative estimate of drug-likeness (QED) is 0.658. The number of benzene rings is 2. The highest BCUT2D eigenvalue weighted by Gasteiger charge is 2.17. The van der Waals surface area contributed by atoms with E-state index in [9.17, 15) is 0 Å². The van der Waals surface area contributed by atoms with Crippen molar-refractivity contribution in [2.24, 2.45) is 0 Å². The lowest BCUT2D eigenvalue weighted by Gasteiger charge is -2.16. The molecular weight excluding hydrogens is 294 g/mol. The van der Waals surface area contributed by atoms with Crippen LogP contribution < -0.4 is 5.32 Å². The molecule has 0 bridgehead atoms. The molecule has 0 aliphatic heterocycles. The highest BCUT2D eigenvalue weighted by Crippen LogP contribution is 2.24. The molecule has 3 aromatic rings. The van der Waals surface area contributed by atoms with Gasteiger partial charge in [-0.05, 0) is 31.0 Å². The minimum Gasteiger partial charge on any atom is -0.469 e. The Morgan fingerprint density at radius 1 is 0.875 bits per heavy atom. The van der Waals surface area contributed by atoms with Crippen LogP contribution in [0.5, 0.6) is 0 Å². The number of hydrogen-bond acceptors (Lipinski definition) is 1. The van der Waals surface area contributed by atoms with Gasteiger partial charge >= 0.3 is 0 Å². The van der Waals surface area contributed by atoms with E-state index in [1.165, 1.54) is 11.1 Å². The predicted molar refractivity (Wildman–Crippen MR) is 97.9 cm³/mol. The van der Waals surface area contributed by atoms with Crippen LogP contribution in [0.15, 0.2) is 83.5 Å². The van der Waals surface area contributed by atoms with Crippen molar-refractivity contribution >= 4 is 0 Å². The summed E-state index contributed by atoms with van der Waals surface area (Å²) in [5.41, 5.74) is 2.75. The fourth-order valence-electron chi connectivity index (χ4n) is 3.21. The van der Waals surface area contributed by atoms with Crippen molar-refractivity contribution < 1.29 is 9.73 Å². The molecule has 0 unspecified atom stereocenters. The van der Waals surface area contributed by atoms with Crippen LogP contribution in [0.4, 0.5) is 0 Å². The Morgan fingerprint density at radius 2 is 1.58 bits per heavy atom. The van der Waals surface area contributed by atoms with Gasteiger partial charge < -0.3 is 9.73 Å². The molecule has 2 heteroatoms. The monoisotopic (exact) mass is 320 g/mol. The van der Waals surface area contributed by atoms with Crippen molar-refractivity contribution in [3.8, 4) is 0 Å².